The molecule has 0 atom stereocenters. The monoisotopic (exact) mass is 489 g/mol. The second-order valence-corrected chi connectivity index (χ2v) is 8.86. The number of hydrogen-bond donors (Lipinski definition) is 2. The van der Waals surface area contributed by atoms with E-state index >= 15 is 0 Å². The summed E-state index contributed by atoms with van der Waals surface area (Å²) in [5.41, 5.74) is 1.67. The first kappa shape index (κ1) is 21.8. The van der Waals surface area contributed by atoms with Crippen LogP contribution in [-0.4, -0.2) is 25.9 Å². The third-order valence-corrected chi connectivity index (χ3v) is 6.29. The zero-order valence-corrected chi connectivity index (χ0v) is 18.7. The van der Waals surface area contributed by atoms with Gasteiger partial charge in [0.1, 0.15) is 5.75 Å². The molecule has 0 fully saturated rings. The zero-order chi connectivity index (χ0) is 21.7. The molecule has 2 N–H and O–H groups in total. The van der Waals surface area contributed by atoms with Gasteiger partial charge in [0.25, 0.3) is 15.9 Å². The van der Waals surface area contributed by atoms with Gasteiger partial charge in [-0.15, -0.1) is 0 Å². The molecule has 3 aromatic rings. The van der Waals surface area contributed by atoms with Gasteiger partial charge >= 0.3 is 0 Å². The Morgan fingerprint density at radius 3 is 2.57 bits per heavy atom. The number of carbonyl (C=O) groups excluding carboxylic acids is 1. The van der Waals surface area contributed by atoms with Crippen molar-refractivity contribution in [1.29, 1.82) is 0 Å². The van der Waals surface area contributed by atoms with Gasteiger partial charge in [0, 0.05) is 18.1 Å². The number of aromatic nitrogens is 1. The van der Waals surface area contributed by atoms with Crippen LogP contribution in [0.25, 0.3) is 0 Å². The molecule has 3 rings (SSSR count). The van der Waals surface area contributed by atoms with E-state index in [0.717, 1.165) is 0 Å². The number of nitrogens with one attached hydrogen (secondary N) is 2. The SMILES string of the molecule is CCOc1ccc(NS(=O)(=O)c2cc(NC(=O)c3cccnc3)ccc2C)cc1Br. The maximum atomic E-state index is 13.0. The van der Waals surface area contributed by atoms with Crippen LogP contribution in [0.5, 0.6) is 5.75 Å². The maximum absolute atomic E-state index is 13.0. The van der Waals surface area contributed by atoms with Gasteiger partial charge < -0.3 is 10.1 Å². The third kappa shape index (κ3) is 5.17. The van der Waals surface area contributed by atoms with Crippen LogP contribution in [0.4, 0.5) is 11.4 Å². The van der Waals surface area contributed by atoms with Gasteiger partial charge in [-0.2, -0.15) is 0 Å². The second-order valence-electron chi connectivity index (χ2n) is 6.36. The van der Waals surface area contributed by atoms with Crippen LogP contribution < -0.4 is 14.8 Å². The van der Waals surface area contributed by atoms with Gasteiger partial charge in [0.15, 0.2) is 0 Å². The van der Waals surface area contributed by atoms with E-state index < -0.39 is 10.0 Å². The molecule has 0 aliphatic rings. The molecule has 0 saturated carbocycles. The summed E-state index contributed by atoms with van der Waals surface area (Å²) in [7, 11) is -3.88. The van der Waals surface area contributed by atoms with E-state index in [-0.39, 0.29) is 10.8 Å². The fourth-order valence-corrected chi connectivity index (χ4v) is 4.53. The summed E-state index contributed by atoms with van der Waals surface area (Å²) in [5.74, 6) is 0.246. The Hall–Kier alpha value is -2.91. The molecule has 0 aliphatic carbocycles. The van der Waals surface area contributed by atoms with E-state index in [0.29, 0.717) is 39.3 Å². The lowest BCUT2D eigenvalue weighted by molar-refractivity contribution is 0.102. The average molecular weight is 490 g/mol. The number of carbonyl (C=O) groups is 1. The molecule has 9 heteroatoms. The quantitative estimate of drug-likeness (QED) is 0.505. The zero-order valence-electron chi connectivity index (χ0n) is 16.3. The number of hydrogen-bond acceptors (Lipinski definition) is 5. The predicted octanol–water partition coefficient (Wildman–Crippen LogP) is 4.60. The number of amides is 1. The van der Waals surface area contributed by atoms with Crippen LogP contribution in [0.2, 0.25) is 0 Å². The van der Waals surface area contributed by atoms with Crippen LogP contribution >= 0.6 is 15.9 Å². The fourth-order valence-electron chi connectivity index (χ4n) is 2.71. The van der Waals surface area contributed by atoms with Gasteiger partial charge in [-0.1, -0.05) is 6.07 Å². The van der Waals surface area contributed by atoms with Crippen molar-refractivity contribution in [1.82, 2.24) is 4.98 Å². The highest BCUT2D eigenvalue weighted by Gasteiger charge is 2.19. The summed E-state index contributed by atoms with van der Waals surface area (Å²) >= 11 is 3.37. The van der Waals surface area contributed by atoms with Crippen LogP contribution in [0.3, 0.4) is 0 Å². The Morgan fingerprint density at radius 1 is 1.13 bits per heavy atom. The van der Waals surface area contributed by atoms with E-state index in [4.69, 9.17) is 4.74 Å². The second kappa shape index (κ2) is 9.27. The van der Waals surface area contributed by atoms with Crippen molar-refractivity contribution in [3.8, 4) is 5.75 Å². The van der Waals surface area contributed by atoms with Crippen LogP contribution in [0, 0.1) is 6.92 Å². The summed E-state index contributed by atoms with van der Waals surface area (Å²) in [4.78, 5) is 16.3. The van der Waals surface area contributed by atoms with Gasteiger partial charge in [-0.3, -0.25) is 14.5 Å². The molecule has 0 aliphatic heterocycles. The van der Waals surface area contributed by atoms with E-state index in [2.05, 4.69) is 31.0 Å². The maximum Gasteiger partial charge on any atom is 0.262 e. The molecule has 0 bridgehead atoms. The van der Waals surface area contributed by atoms with E-state index in [1.165, 1.54) is 12.3 Å². The predicted molar refractivity (Wildman–Crippen MR) is 119 cm³/mol. The molecule has 0 spiro atoms. The van der Waals surface area contributed by atoms with E-state index in [9.17, 15) is 13.2 Å². The molecule has 1 heterocycles. The van der Waals surface area contributed by atoms with Crippen LogP contribution in [0.1, 0.15) is 22.8 Å². The highest BCUT2D eigenvalue weighted by Crippen LogP contribution is 2.30. The largest absolute Gasteiger partial charge is 0.493 e. The normalized spacial score (nSPS) is 11.0. The lowest BCUT2D eigenvalue weighted by Gasteiger charge is -2.14. The molecule has 156 valence electrons. The van der Waals surface area contributed by atoms with Gasteiger partial charge in [0.2, 0.25) is 0 Å². The first-order valence-corrected chi connectivity index (χ1v) is 11.3. The molecular weight excluding hydrogens is 470 g/mol. The number of rotatable bonds is 7. The topological polar surface area (TPSA) is 97.4 Å². The van der Waals surface area contributed by atoms with Crippen molar-refractivity contribution >= 4 is 43.2 Å². The Balaban J connectivity index is 1.84. The van der Waals surface area contributed by atoms with Crippen molar-refractivity contribution in [2.45, 2.75) is 18.7 Å². The van der Waals surface area contributed by atoms with Crippen molar-refractivity contribution in [2.75, 3.05) is 16.6 Å². The van der Waals surface area contributed by atoms with Gasteiger partial charge in [-0.25, -0.2) is 8.42 Å². The number of ether oxygens (including phenoxy) is 1. The third-order valence-electron chi connectivity index (χ3n) is 4.14. The Bertz CT molecular complexity index is 1170. The molecule has 7 nitrogen and oxygen atoms in total. The molecule has 0 saturated heterocycles. The summed E-state index contributed by atoms with van der Waals surface area (Å²) in [6.45, 7) is 4.06. The summed E-state index contributed by atoms with van der Waals surface area (Å²) in [5, 5.41) is 2.70. The number of halogens is 1. The first-order valence-electron chi connectivity index (χ1n) is 9.07. The van der Waals surface area contributed by atoms with Crippen molar-refractivity contribution in [2.24, 2.45) is 0 Å². The minimum Gasteiger partial charge on any atom is -0.493 e. The van der Waals surface area contributed by atoms with E-state index in [1.54, 1.807) is 55.6 Å². The van der Waals surface area contributed by atoms with Crippen molar-refractivity contribution in [3.63, 3.8) is 0 Å². The molecule has 30 heavy (non-hydrogen) atoms. The van der Waals surface area contributed by atoms with Crippen LogP contribution in [-0.2, 0) is 10.0 Å². The number of nitrogens with zero attached hydrogens (tertiary/aromatic N) is 1. The smallest absolute Gasteiger partial charge is 0.262 e. The van der Waals surface area contributed by atoms with Crippen molar-refractivity contribution in [3.05, 3.63) is 76.5 Å². The number of anilines is 2. The lowest BCUT2D eigenvalue weighted by Crippen LogP contribution is -2.16. The highest BCUT2D eigenvalue weighted by molar-refractivity contribution is 9.10. The summed E-state index contributed by atoms with van der Waals surface area (Å²) < 4.78 is 34.6. The van der Waals surface area contributed by atoms with Gasteiger partial charge in [0.05, 0.1) is 27.2 Å². The summed E-state index contributed by atoms with van der Waals surface area (Å²) in [6.07, 6.45) is 3.00. The van der Waals surface area contributed by atoms with Crippen molar-refractivity contribution < 1.29 is 17.9 Å². The van der Waals surface area contributed by atoms with E-state index in [1.807, 2.05) is 6.92 Å². The Labute approximate surface area is 183 Å². The molecular formula is C21H20BrN3O4S. The van der Waals surface area contributed by atoms with Crippen LogP contribution in [0.15, 0.2) is 70.3 Å². The molecule has 1 amide bonds. The number of sulfonamides is 1. The molecule has 2 aromatic carbocycles. The molecule has 0 radical (unpaired) electrons. The Kier molecular flexibility index (Phi) is 6.73. The Morgan fingerprint density at radius 2 is 1.90 bits per heavy atom. The molecule has 0 unspecified atom stereocenters. The average Bonchev–Trinajstić information content (AvgIpc) is 2.72. The fraction of sp³-hybridized carbons (Fsp3) is 0.143. The van der Waals surface area contributed by atoms with Gasteiger partial charge in [-0.05, 0) is 77.8 Å². The summed E-state index contributed by atoms with van der Waals surface area (Å²) in [6, 6.07) is 12.9. The number of pyridine rings is 1. The number of aryl methyl sites for hydroxylation is 1. The lowest BCUT2D eigenvalue weighted by atomic mass is 10.2. The highest BCUT2D eigenvalue weighted by atomic mass is 79.9. The standard InChI is InChI=1S/C21H20BrN3O4S/c1-3-29-19-9-8-17(11-18(19)22)25-30(27,28)20-12-16(7-6-14(20)2)24-21(26)15-5-4-10-23-13-15/h4-13,25H,3H2,1-2H3,(H,24,26). The molecule has 1 aromatic heterocycles. The minimum absolute atomic E-state index is 0.0662. The first-order chi connectivity index (χ1) is 14.3. The minimum atomic E-state index is -3.88. The number of benzene rings is 2.